The van der Waals surface area contributed by atoms with Crippen LogP contribution in [-0.4, -0.2) is 40.4 Å². The highest BCUT2D eigenvalue weighted by Crippen LogP contribution is 2.32. The number of rotatable bonds is 6. The lowest BCUT2D eigenvalue weighted by atomic mass is 10.2. The monoisotopic (exact) mass is 461 g/mol. The van der Waals surface area contributed by atoms with Crippen LogP contribution in [0.25, 0.3) is 10.1 Å². The number of tetrazole rings is 1. The molecular formula is C18H16ClN7O4S. The van der Waals surface area contributed by atoms with Crippen LogP contribution in [0, 0.1) is 0 Å². The van der Waals surface area contributed by atoms with Crippen LogP contribution < -0.4 is 17.0 Å². The van der Waals surface area contributed by atoms with Crippen LogP contribution in [0.5, 0.6) is 0 Å². The Bertz CT molecular complexity index is 1420. The van der Waals surface area contributed by atoms with Gasteiger partial charge in [0.05, 0.1) is 13.1 Å². The number of carbonyl (C=O) groups excluding carboxylic acids is 1. The van der Waals surface area contributed by atoms with E-state index in [1.54, 1.807) is 6.07 Å². The van der Waals surface area contributed by atoms with Crippen LogP contribution in [-0.2, 0) is 20.1 Å². The molecule has 31 heavy (non-hydrogen) atoms. The molecule has 3 N–H and O–H groups in total. The molecule has 0 aliphatic carbocycles. The third-order valence-electron chi connectivity index (χ3n) is 4.59. The van der Waals surface area contributed by atoms with Crippen molar-refractivity contribution >= 4 is 38.9 Å². The molecular weight excluding hydrogens is 446 g/mol. The molecule has 0 saturated heterocycles. The first kappa shape index (κ1) is 20.9. The average molecular weight is 462 g/mol. The number of nitrogens with zero attached hydrogens (tertiary/aromatic N) is 6. The Morgan fingerprint density at radius 3 is 2.84 bits per heavy atom. The zero-order chi connectivity index (χ0) is 22.3. The number of fused-ring (bicyclic) bond motifs is 1. The SMILES string of the molecule is Cn1c(=O)c(C(N)=O)cn(Cc2nnn(C[C@H](O)c3cc4cc(Cl)ccc4s3)n2)c1=O. The van der Waals surface area contributed by atoms with Crippen molar-refractivity contribution in [1.82, 2.24) is 29.3 Å². The predicted octanol–water partition coefficient (Wildman–Crippen LogP) is 0.282. The molecule has 0 radical (unpaired) electrons. The Kier molecular flexibility index (Phi) is 5.43. The summed E-state index contributed by atoms with van der Waals surface area (Å²) in [5, 5.41) is 24.0. The van der Waals surface area contributed by atoms with E-state index in [2.05, 4.69) is 15.4 Å². The minimum Gasteiger partial charge on any atom is -0.386 e. The van der Waals surface area contributed by atoms with Gasteiger partial charge in [-0.2, -0.15) is 4.80 Å². The van der Waals surface area contributed by atoms with E-state index < -0.39 is 23.3 Å². The molecule has 13 heteroatoms. The number of hydrogen-bond acceptors (Lipinski definition) is 8. The van der Waals surface area contributed by atoms with Gasteiger partial charge < -0.3 is 10.8 Å². The number of benzene rings is 1. The summed E-state index contributed by atoms with van der Waals surface area (Å²) in [5.41, 5.74) is 3.44. The van der Waals surface area contributed by atoms with Crippen molar-refractivity contribution in [3.63, 3.8) is 0 Å². The predicted molar refractivity (Wildman–Crippen MR) is 113 cm³/mol. The van der Waals surface area contributed by atoms with Gasteiger partial charge in [-0.05, 0) is 34.9 Å². The van der Waals surface area contributed by atoms with Crippen LogP contribution in [0.2, 0.25) is 5.02 Å². The second-order valence-corrected chi connectivity index (χ2v) is 8.34. The van der Waals surface area contributed by atoms with E-state index in [0.717, 1.165) is 30.3 Å². The molecule has 4 rings (SSSR count). The molecule has 1 atom stereocenters. The molecule has 1 amide bonds. The number of aliphatic hydroxyl groups is 1. The van der Waals surface area contributed by atoms with Crippen LogP contribution in [0.4, 0.5) is 0 Å². The third kappa shape index (κ3) is 4.13. The summed E-state index contributed by atoms with van der Waals surface area (Å²) in [6.07, 6.45) is 0.199. The number of hydrogen-bond donors (Lipinski definition) is 2. The van der Waals surface area contributed by atoms with Crippen molar-refractivity contribution in [2.75, 3.05) is 0 Å². The second-order valence-electron chi connectivity index (χ2n) is 6.79. The first-order valence-electron chi connectivity index (χ1n) is 8.97. The number of aliphatic hydroxyl groups excluding tert-OH is 1. The normalized spacial score (nSPS) is 12.4. The molecule has 3 heterocycles. The van der Waals surface area contributed by atoms with Crippen LogP contribution in [0.1, 0.15) is 27.2 Å². The van der Waals surface area contributed by atoms with Gasteiger partial charge in [0.1, 0.15) is 11.7 Å². The Labute approximate surface area is 182 Å². The van der Waals surface area contributed by atoms with Gasteiger partial charge in [-0.15, -0.1) is 21.5 Å². The van der Waals surface area contributed by atoms with E-state index in [-0.39, 0.29) is 24.5 Å². The number of aromatic nitrogens is 6. The fourth-order valence-corrected chi connectivity index (χ4v) is 4.22. The smallest absolute Gasteiger partial charge is 0.331 e. The molecule has 3 aromatic heterocycles. The highest BCUT2D eigenvalue weighted by atomic mass is 35.5. The van der Waals surface area contributed by atoms with E-state index in [9.17, 15) is 19.5 Å². The highest BCUT2D eigenvalue weighted by molar-refractivity contribution is 7.19. The minimum absolute atomic E-state index is 0.0439. The lowest BCUT2D eigenvalue weighted by molar-refractivity contribution is 0.0997. The topological polar surface area (TPSA) is 151 Å². The number of carbonyl (C=O) groups is 1. The Morgan fingerprint density at radius 1 is 1.32 bits per heavy atom. The Balaban J connectivity index is 1.54. The van der Waals surface area contributed by atoms with Gasteiger partial charge in [-0.3, -0.25) is 18.7 Å². The van der Waals surface area contributed by atoms with Crippen LogP contribution in [0.15, 0.2) is 40.1 Å². The van der Waals surface area contributed by atoms with Crippen molar-refractivity contribution < 1.29 is 9.90 Å². The van der Waals surface area contributed by atoms with Gasteiger partial charge in [0.15, 0.2) is 5.82 Å². The molecule has 11 nitrogen and oxygen atoms in total. The summed E-state index contributed by atoms with van der Waals surface area (Å²) in [7, 11) is 1.24. The fraction of sp³-hybridized carbons (Fsp3) is 0.222. The number of amides is 1. The first-order valence-corrected chi connectivity index (χ1v) is 10.2. The molecule has 0 aliphatic rings. The van der Waals surface area contributed by atoms with E-state index in [0.29, 0.717) is 5.02 Å². The van der Waals surface area contributed by atoms with Crippen LogP contribution >= 0.6 is 22.9 Å². The molecule has 0 saturated carbocycles. The number of nitrogens with two attached hydrogens (primary N) is 1. The average Bonchev–Trinajstić information content (AvgIpc) is 3.34. The Hall–Kier alpha value is -3.35. The van der Waals surface area contributed by atoms with E-state index in [4.69, 9.17) is 17.3 Å². The maximum absolute atomic E-state index is 12.3. The summed E-state index contributed by atoms with van der Waals surface area (Å²) < 4.78 is 2.86. The lowest BCUT2D eigenvalue weighted by Gasteiger charge is -2.07. The summed E-state index contributed by atoms with van der Waals surface area (Å²) in [6, 6.07) is 7.34. The van der Waals surface area contributed by atoms with Crippen LogP contribution in [0.3, 0.4) is 0 Å². The minimum atomic E-state index is -0.946. The number of thiophene rings is 1. The quantitative estimate of drug-likeness (QED) is 0.418. The number of halogens is 1. The largest absolute Gasteiger partial charge is 0.386 e. The maximum atomic E-state index is 12.3. The maximum Gasteiger partial charge on any atom is 0.331 e. The van der Waals surface area contributed by atoms with E-state index >= 15 is 0 Å². The van der Waals surface area contributed by atoms with Crippen molar-refractivity contribution in [1.29, 1.82) is 0 Å². The van der Waals surface area contributed by atoms with Gasteiger partial charge in [-0.1, -0.05) is 11.6 Å². The van der Waals surface area contributed by atoms with E-state index in [1.165, 1.54) is 23.2 Å². The molecule has 0 aliphatic heterocycles. The molecule has 0 fully saturated rings. The molecule has 0 spiro atoms. The Morgan fingerprint density at radius 2 is 2.10 bits per heavy atom. The zero-order valence-corrected chi connectivity index (χ0v) is 17.7. The van der Waals surface area contributed by atoms with Gasteiger partial charge in [0.25, 0.3) is 11.5 Å². The van der Waals surface area contributed by atoms with Crippen molar-refractivity contribution in [2.24, 2.45) is 12.8 Å². The molecule has 0 bridgehead atoms. The van der Waals surface area contributed by atoms with Gasteiger partial charge >= 0.3 is 5.69 Å². The molecule has 4 aromatic rings. The molecule has 160 valence electrons. The fourth-order valence-electron chi connectivity index (χ4n) is 3.02. The van der Waals surface area contributed by atoms with Gasteiger partial charge in [0, 0.05) is 27.8 Å². The lowest BCUT2D eigenvalue weighted by Crippen LogP contribution is -2.42. The van der Waals surface area contributed by atoms with Crippen molar-refractivity contribution in [3.8, 4) is 0 Å². The standard InChI is InChI=1S/C18H16ClN7O4S/c1-24-17(29)11(16(20)28)6-25(18(24)30)8-15-21-23-26(22-15)7-12(27)14-5-9-4-10(19)2-3-13(9)31-14/h2-6,12,27H,7-8H2,1H3,(H2,20,28)/t12-/m0/s1. The third-order valence-corrected chi connectivity index (χ3v) is 6.04. The van der Waals surface area contributed by atoms with E-state index in [1.807, 2.05) is 18.2 Å². The highest BCUT2D eigenvalue weighted by Gasteiger charge is 2.17. The molecule has 0 unspecified atom stereocenters. The number of primary amides is 1. The second kappa shape index (κ2) is 8.06. The van der Waals surface area contributed by atoms with Crippen molar-refractivity contribution in [3.05, 3.63) is 72.6 Å². The summed E-state index contributed by atoms with van der Waals surface area (Å²) >= 11 is 7.44. The van der Waals surface area contributed by atoms with Crippen molar-refractivity contribution in [2.45, 2.75) is 19.2 Å². The summed E-state index contributed by atoms with van der Waals surface area (Å²) in [4.78, 5) is 37.6. The zero-order valence-electron chi connectivity index (χ0n) is 16.1. The van der Waals surface area contributed by atoms with Gasteiger partial charge in [-0.25, -0.2) is 4.79 Å². The first-order chi connectivity index (χ1) is 14.7. The summed E-state index contributed by atoms with van der Waals surface area (Å²) in [6.45, 7) is -0.0903. The molecule has 1 aromatic carbocycles. The summed E-state index contributed by atoms with van der Waals surface area (Å²) in [5.74, 6) is -0.787. The van der Waals surface area contributed by atoms with Gasteiger partial charge in [0.2, 0.25) is 0 Å².